The van der Waals surface area contributed by atoms with Crippen LogP contribution in [0, 0.1) is 0 Å². The second-order valence-electron chi connectivity index (χ2n) is 11.7. The Morgan fingerprint density at radius 3 is 2.12 bits per heavy atom. The Hall–Kier alpha value is -0.840. The van der Waals surface area contributed by atoms with Crippen LogP contribution in [0.2, 0.25) is 0 Å². The van der Waals surface area contributed by atoms with Gasteiger partial charge in [0, 0.05) is 26.1 Å². The molecule has 0 spiro atoms. The van der Waals surface area contributed by atoms with Gasteiger partial charge in [-0.2, -0.15) is 4.57 Å². The van der Waals surface area contributed by atoms with E-state index in [9.17, 15) is 9.59 Å². The van der Waals surface area contributed by atoms with Crippen molar-refractivity contribution in [3.63, 3.8) is 0 Å². The lowest BCUT2D eigenvalue weighted by atomic mass is 10.0. The number of hydrogen-bond donors (Lipinski definition) is 1. The molecule has 1 aromatic rings. The first-order valence-corrected chi connectivity index (χ1v) is 18.8. The fourth-order valence-corrected chi connectivity index (χ4v) is 7.31. The molecule has 0 aliphatic carbocycles. The predicted molar refractivity (Wildman–Crippen MR) is 176 cm³/mol. The number of carbonyl (C=O) groups is 2. The average molecular weight is 707 g/mol. The predicted octanol–water partition coefficient (Wildman–Crippen LogP) is 6.10. The van der Waals surface area contributed by atoms with Crippen molar-refractivity contribution in [2.75, 3.05) is 26.8 Å². The second-order valence-corrected chi connectivity index (χ2v) is 13.7. The van der Waals surface area contributed by atoms with E-state index in [4.69, 9.17) is 9.47 Å². The molecule has 1 aliphatic heterocycles. The summed E-state index contributed by atoms with van der Waals surface area (Å²) in [5, 5.41) is 5.06. The van der Waals surface area contributed by atoms with Crippen LogP contribution in [0.5, 0.6) is 0 Å². The van der Waals surface area contributed by atoms with Crippen molar-refractivity contribution in [1.29, 1.82) is 0 Å². The van der Waals surface area contributed by atoms with Crippen LogP contribution in [-0.2, 0) is 16.0 Å². The Labute approximate surface area is 281 Å². The zero-order chi connectivity index (χ0) is 30.1. The summed E-state index contributed by atoms with van der Waals surface area (Å²) in [5.74, 6) is 0. The van der Waals surface area contributed by atoms with Crippen LogP contribution >= 0.6 is 23.1 Å². The summed E-state index contributed by atoms with van der Waals surface area (Å²) in [7, 11) is 1.41. The minimum atomic E-state index is -0.431. The first-order valence-electron chi connectivity index (χ1n) is 17.0. The Bertz CT molecular complexity index is 803. The maximum atomic E-state index is 12.7. The molecule has 0 radical (unpaired) electrons. The summed E-state index contributed by atoms with van der Waals surface area (Å²) in [6.45, 7) is 5.15. The van der Waals surface area contributed by atoms with Crippen molar-refractivity contribution in [3.05, 3.63) is 17.1 Å². The van der Waals surface area contributed by atoms with Crippen molar-refractivity contribution in [3.8, 4) is 0 Å². The highest BCUT2D eigenvalue weighted by Crippen LogP contribution is 2.29. The van der Waals surface area contributed by atoms with E-state index in [1.807, 2.05) is 0 Å². The zero-order valence-electron chi connectivity index (χ0n) is 27.1. The number of thioether (sulfide) groups is 1. The molecule has 250 valence electrons. The van der Waals surface area contributed by atoms with Gasteiger partial charge in [-0.1, -0.05) is 120 Å². The number of unbranched alkanes of at least 4 members (excludes halogenated alkanes) is 16. The molecule has 7 nitrogen and oxygen atoms in total. The van der Waals surface area contributed by atoms with E-state index in [1.54, 1.807) is 16.2 Å². The molecule has 1 fully saturated rings. The largest absolute Gasteiger partial charge is 1.00 e. The molecule has 43 heavy (non-hydrogen) atoms. The molecule has 1 aliphatic rings. The van der Waals surface area contributed by atoms with Gasteiger partial charge in [0.2, 0.25) is 5.51 Å². The van der Waals surface area contributed by atoms with Gasteiger partial charge in [0.15, 0.2) is 6.20 Å². The van der Waals surface area contributed by atoms with Crippen LogP contribution in [0.15, 0.2) is 17.1 Å². The Kier molecular flexibility index (Phi) is 25.7. The monoisotopic (exact) mass is 705 g/mol. The molecule has 2 amide bonds. The zero-order valence-corrected chi connectivity index (χ0v) is 30.3. The third-order valence-corrected chi connectivity index (χ3v) is 9.91. The highest BCUT2D eigenvalue weighted by molar-refractivity contribution is 8.14. The number of methoxy groups -OCH3 is 1. The van der Waals surface area contributed by atoms with Crippen LogP contribution in [-0.4, -0.2) is 54.5 Å². The molecule has 0 saturated carbocycles. The van der Waals surface area contributed by atoms with Crippen molar-refractivity contribution < 1.29 is 40.6 Å². The van der Waals surface area contributed by atoms with Gasteiger partial charge in [0.05, 0.1) is 17.7 Å². The molecule has 2 atom stereocenters. The summed E-state index contributed by atoms with van der Waals surface area (Å²) in [6, 6.07) is 0. The maximum Gasteiger partial charge on any atom is 0.411 e. The van der Waals surface area contributed by atoms with E-state index < -0.39 is 6.23 Å². The first-order chi connectivity index (χ1) is 20.7. The maximum absolute atomic E-state index is 12.7. The summed E-state index contributed by atoms with van der Waals surface area (Å²) in [6.07, 6.45) is 26.0. The quantitative estimate of drug-likeness (QED) is 0.104. The lowest BCUT2D eigenvalue weighted by Crippen LogP contribution is -3.00. The standard InChI is InChI=1S/C33H59N3O4S2.BrH/c1-3-4-5-6-7-8-9-10-11-12-13-14-15-16-18-23-34-32(37)42-30-22-21-27-40-31(30)36(33(38)39-2)25-20-17-19-24-35-26-28-41-29-35;/h26,28-31H,3-25,27H2,1-2H3;1H/t30-,31+;/m0./s1. The minimum Gasteiger partial charge on any atom is -1.00 e. The number of aromatic nitrogens is 1. The Balaban J connectivity index is 0.00000924. The van der Waals surface area contributed by atoms with E-state index in [2.05, 4.69) is 33.9 Å². The van der Waals surface area contributed by atoms with Gasteiger partial charge in [-0.3, -0.25) is 9.69 Å². The van der Waals surface area contributed by atoms with Crippen LogP contribution in [0.4, 0.5) is 9.59 Å². The van der Waals surface area contributed by atoms with Gasteiger partial charge in [-0.05, 0) is 32.1 Å². The molecular weight excluding hydrogens is 646 g/mol. The van der Waals surface area contributed by atoms with Gasteiger partial charge in [0.1, 0.15) is 12.8 Å². The number of aryl methyl sites for hydroxylation is 1. The molecule has 0 bridgehead atoms. The van der Waals surface area contributed by atoms with Crippen LogP contribution in [0.3, 0.4) is 0 Å². The smallest absolute Gasteiger partial charge is 0.411 e. The molecule has 10 heteroatoms. The van der Waals surface area contributed by atoms with Crippen molar-refractivity contribution >= 4 is 34.4 Å². The highest BCUT2D eigenvalue weighted by atomic mass is 79.9. The number of amides is 2. The average Bonchev–Trinajstić information content (AvgIpc) is 3.52. The van der Waals surface area contributed by atoms with Crippen molar-refractivity contribution in [2.45, 2.75) is 153 Å². The number of ether oxygens (including phenoxy) is 2. The summed E-state index contributed by atoms with van der Waals surface area (Å²) in [5.41, 5.74) is 2.11. The number of carbonyl (C=O) groups excluding carboxylic acids is 2. The molecule has 1 N–H and O–H groups in total. The van der Waals surface area contributed by atoms with Gasteiger partial charge in [0.25, 0.3) is 5.24 Å². The molecule has 0 aromatic carbocycles. The molecule has 2 rings (SSSR count). The van der Waals surface area contributed by atoms with Crippen LogP contribution in [0.25, 0.3) is 0 Å². The fraction of sp³-hybridized carbons (Fsp3) is 0.848. The molecular formula is C33H60BrN3O4S2. The fourth-order valence-electron chi connectivity index (χ4n) is 5.59. The lowest BCUT2D eigenvalue weighted by molar-refractivity contribution is -0.692. The minimum absolute atomic E-state index is 0. The van der Waals surface area contributed by atoms with E-state index in [-0.39, 0.29) is 33.6 Å². The normalized spacial score (nSPS) is 16.4. The Morgan fingerprint density at radius 1 is 0.930 bits per heavy atom. The van der Waals surface area contributed by atoms with E-state index in [0.717, 1.165) is 45.1 Å². The van der Waals surface area contributed by atoms with Crippen molar-refractivity contribution in [1.82, 2.24) is 10.2 Å². The number of nitrogens with zero attached hydrogens (tertiary/aromatic N) is 2. The van der Waals surface area contributed by atoms with Crippen LogP contribution < -0.4 is 26.9 Å². The Morgan fingerprint density at radius 2 is 1.53 bits per heavy atom. The van der Waals surface area contributed by atoms with E-state index in [0.29, 0.717) is 19.7 Å². The summed E-state index contributed by atoms with van der Waals surface area (Å²) >= 11 is 2.98. The number of thiazole rings is 1. The van der Waals surface area contributed by atoms with Crippen molar-refractivity contribution in [2.24, 2.45) is 0 Å². The SMILES string of the molecule is CCCCCCCCCCCCCCCCCNC(=O)S[C@H]1CCCO[C@H]1N(CCCCC[n+]1ccsc1)C(=O)OC.[Br-]. The van der Waals surface area contributed by atoms with E-state index in [1.165, 1.54) is 109 Å². The highest BCUT2D eigenvalue weighted by Gasteiger charge is 2.36. The summed E-state index contributed by atoms with van der Waals surface area (Å²) in [4.78, 5) is 27.1. The third kappa shape index (κ3) is 19.3. The number of hydrogen-bond acceptors (Lipinski definition) is 6. The van der Waals surface area contributed by atoms with Gasteiger partial charge < -0.3 is 31.8 Å². The van der Waals surface area contributed by atoms with Gasteiger partial charge >= 0.3 is 6.09 Å². The third-order valence-electron chi connectivity index (χ3n) is 8.11. The number of rotatable bonds is 24. The van der Waals surface area contributed by atoms with Gasteiger partial charge in [-0.15, -0.1) is 0 Å². The number of halogens is 1. The number of nitrogens with one attached hydrogen (secondary N) is 1. The molecule has 1 aromatic heterocycles. The first kappa shape index (κ1) is 40.2. The summed E-state index contributed by atoms with van der Waals surface area (Å²) < 4.78 is 13.3. The molecule has 1 saturated heterocycles. The second kappa shape index (κ2) is 27.5. The van der Waals surface area contributed by atoms with E-state index >= 15 is 0 Å². The molecule has 0 unspecified atom stereocenters. The van der Waals surface area contributed by atoms with Crippen LogP contribution in [0.1, 0.15) is 135 Å². The lowest BCUT2D eigenvalue weighted by Gasteiger charge is -2.38. The molecule has 2 heterocycles. The topological polar surface area (TPSA) is 71.8 Å². The van der Waals surface area contributed by atoms with Gasteiger partial charge in [-0.25, -0.2) is 4.79 Å².